The van der Waals surface area contributed by atoms with Crippen molar-refractivity contribution in [3.05, 3.63) is 18.2 Å². The number of anilines is 2. The Morgan fingerprint density at radius 3 is 2.56 bits per heavy atom. The third-order valence-electron chi connectivity index (χ3n) is 3.77. The maximum absolute atomic E-state index is 12.0. The molecule has 136 valence electrons. The van der Waals surface area contributed by atoms with Crippen LogP contribution in [0, 0.1) is 5.41 Å². The Morgan fingerprint density at radius 1 is 1.28 bits per heavy atom. The van der Waals surface area contributed by atoms with Gasteiger partial charge in [-0.3, -0.25) is 14.4 Å². The third kappa shape index (κ3) is 4.71. The molecule has 0 aliphatic carbocycles. The number of amides is 2. The highest BCUT2D eigenvalue weighted by Crippen LogP contribution is 2.34. The predicted molar refractivity (Wildman–Crippen MR) is 93.6 cm³/mol. The van der Waals surface area contributed by atoms with Gasteiger partial charge in [0.05, 0.1) is 18.2 Å². The van der Waals surface area contributed by atoms with Gasteiger partial charge in [-0.25, -0.2) is 0 Å². The first kappa shape index (κ1) is 18.8. The number of methoxy groups -OCH3 is 1. The molecule has 1 fully saturated rings. The van der Waals surface area contributed by atoms with Crippen LogP contribution in [0.3, 0.4) is 0 Å². The van der Waals surface area contributed by atoms with Gasteiger partial charge in [0.25, 0.3) is 5.91 Å². The summed E-state index contributed by atoms with van der Waals surface area (Å²) >= 11 is 0. The van der Waals surface area contributed by atoms with Crippen molar-refractivity contribution in [1.82, 2.24) is 0 Å². The van der Waals surface area contributed by atoms with Crippen molar-refractivity contribution >= 4 is 29.2 Å². The van der Waals surface area contributed by atoms with Crippen LogP contribution in [0.15, 0.2) is 18.2 Å². The van der Waals surface area contributed by atoms with E-state index < -0.39 is 17.3 Å². The van der Waals surface area contributed by atoms with Crippen molar-refractivity contribution in [2.75, 3.05) is 30.5 Å². The van der Waals surface area contributed by atoms with Crippen LogP contribution in [0.25, 0.3) is 0 Å². The number of carbonyl (C=O) groups excluding carboxylic acids is 3. The van der Waals surface area contributed by atoms with E-state index in [9.17, 15) is 14.4 Å². The van der Waals surface area contributed by atoms with Crippen LogP contribution in [0.1, 0.15) is 33.6 Å². The van der Waals surface area contributed by atoms with Gasteiger partial charge in [-0.05, 0) is 45.4 Å². The number of benzene rings is 1. The fraction of sp³-hybridized carbons (Fsp3) is 0.500. The third-order valence-corrected chi connectivity index (χ3v) is 3.77. The first-order chi connectivity index (χ1) is 11.7. The van der Waals surface area contributed by atoms with E-state index in [0.29, 0.717) is 30.1 Å². The molecule has 1 N–H and O–H groups in total. The van der Waals surface area contributed by atoms with Crippen molar-refractivity contribution in [1.29, 1.82) is 0 Å². The van der Waals surface area contributed by atoms with Crippen molar-refractivity contribution in [3.8, 4) is 5.75 Å². The van der Waals surface area contributed by atoms with E-state index in [1.165, 1.54) is 7.11 Å². The van der Waals surface area contributed by atoms with Crippen molar-refractivity contribution in [3.63, 3.8) is 0 Å². The number of rotatable bonds is 5. The zero-order valence-electron chi connectivity index (χ0n) is 15.0. The summed E-state index contributed by atoms with van der Waals surface area (Å²) in [6.45, 7) is 5.41. The molecular formula is C18H24N2O5. The van der Waals surface area contributed by atoms with Crippen LogP contribution >= 0.6 is 0 Å². The lowest BCUT2D eigenvalue weighted by molar-refractivity contribution is -0.155. The molecule has 1 saturated heterocycles. The summed E-state index contributed by atoms with van der Waals surface area (Å²) in [6, 6.07) is 5.05. The fourth-order valence-corrected chi connectivity index (χ4v) is 2.43. The minimum absolute atomic E-state index is 0.0286. The second-order valence-electron chi connectivity index (χ2n) is 6.91. The molecular weight excluding hydrogens is 324 g/mol. The number of ether oxygens (including phenoxy) is 2. The van der Waals surface area contributed by atoms with Crippen LogP contribution in [0.4, 0.5) is 11.4 Å². The lowest BCUT2D eigenvalue weighted by atomic mass is 9.97. The second-order valence-corrected chi connectivity index (χ2v) is 6.91. The van der Waals surface area contributed by atoms with Gasteiger partial charge in [0, 0.05) is 18.7 Å². The maximum atomic E-state index is 12.0. The number of nitrogens with one attached hydrogen (secondary N) is 1. The molecule has 0 unspecified atom stereocenters. The van der Waals surface area contributed by atoms with Gasteiger partial charge in [-0.1, -0.05) is 0 Å². The number of carbonyl (C=O) groups is 3. The summed E-state index contributed by atoms with van der Waals surface area (Å²) in [5.74, 6) is -0.296. The molecule has 1 aromatic carbocycles. The minimum atomic E-state index is -0.663. The molecule has 1 heterocycles. The Labute approximate surface area is 147 Å². The van der Waals surface area contributed by atoms with Crippen LogP contribution < -0.4 is 15.0 Å². The molecule has 0 radical (unpaired) electrons. The van der Waals surface area contributed by atoms with E-state index in [0.717, 1.165) is 6.42 Å². The summed E-state index contributed by atoms with van der Waals surface area (Å²) in [5.41, 5.74) is 0.464. The van der Waals surface area contributed by atoms with Gasteiger partial charge in [-0.15, -0.1) is 0 Å². The highest BCUT2D eigenvalue weighted by Gasteiger charge is 2.26. The van der Waals surface area contributed by atoms with Gasteiger partial charge in [-0.2, -0.15) is 0 Å². The molecule has 1 aliphatic rings. The van der Waals surface area contributed by atoms with Gasteiger partial charge in [0.15, 0.2) is 6.61 Å². The normalized spacial score (nSPS) is 14.4. The number of nitrogens with zero attached hydrogens (tertiary/aromatic N) is 1. The smallest absolute Gasteiger partial charge is 0.311 e. The van der Waals surface area contributed by atoms with Crippen LogP contribution in [-0.2, 0) is 19.1 Å². The van der Waals surface area contributed by atoms with Gasteiger partial charge < -0.3 is 19.7 Å². The molecule has 25 heavy (non-hydrogen) atoms. The van der Waals surface area contributed by atoms with E-state index >= 15 is 0 Å². The zero-order chi connectivity index (χ0) is 18.6. The second kappa shape index (κ2) is 7.55. The SMILES string of the molecule is COc1ccc(NC(=O)COC(=O)C(C)(C)C)cc1N1CCCC1=O. The van der Waals surface area contributed by atoms with Crippen molar-refractivity contribution < 1.29 is 23.9 Å². The highest BCUT2D eigenvalue weighted by atomic mass is 16.5. The van der Waals surface area contributed by atoms with Gasteiger partial charge >= 0.3 is 5.97 Å². The van der Waals surface area contributed by atoms with Crippen LogP contribution in [0.5, 0.6) is 5.75 Å². The Balaban J connectivity index is 2.06. The van der Waals surface area contributed by atoms with Crippen molar-refractivity contribution in [2.24, 2.45) is 5.41 Å². The topological polar surface area (TPSA) is 84.9 Å². The minimum Gasteiger partial charge on any atom is -0.495 e. The molecule has 2 amide bonds. The quantitative estimate of drug-likeness (QED) is 0.826. The van der Waals surface area contributed by atoms with E-state index in [1.54, 1.807) is 43.9 Å². The summed E-state index contributed by atoms with van der Waals surface area (Å²) in [7, 11) is 1.53. The maximum Gasteiger partial charge on any atom is 0.311 e. The molecule has 1 aromatic rings. The first-order valence-corrected chi connectivity index (χ1v) is 8.18. The van der Waals surface area contributed by atoms with E-state index in [4.69, 9.17) is 9.47 Å². The van der Waals surface area contributed by atoms with E-state index in [2.05, 4.69) is 5.32 Å². The molecule has 0 spiro atoms. The number of esters is 1. The molecule has 2 rings (SSSR count). The molecule has 0 atom stereocenters. The Morgan fingerprint density at radius 2 is 2.00 bits per heavy atom. The Bertz CT molecular complexity index is 679. The number of hydrogen-bond acceptors (Lipinski definition) is 5. The Hall–Kier alpha value is -2.57. The molecule has 1 aliphatic heterocycles. The summed E-state index contributed by atoms with van der Waals surface area (Å²) in [5, 5.41) is 2.67. The lowest BCUT2D eigenvalue weighted by Gasteiger charge is -2.20. The number of hydrogen-bond donors (Lipinski definition) is 1. The van der Waals surface area contributed by atoms with Crippen LogP contribution in [0.2, 0.25) is 0 Å². The molecule has 7 nitrogen and oxygen atoms in total. The summed E-state index contributed by atoms with van der Waals surface area (Å²) in [6.07, 6.45) is 1.30. The zero-order valence-corrected chi connectivity index (χ0v) is 15.0. The first-order valence-electron chi connectivity index (χ1n) is 8.18. The lowest BCUT2D eigenvalue weighted by Crippen LogP contribution is -2.28. The standard InChI is InChI=1S/C18H24N2O5/c1-18(2,3)17(23)25-11-15(21)19-12-7-8-14(24-4)13(10-12)20-9-5-6-16(20)22/h7-8,10H,5-6,9,11H2,1-4H3,(H,19,21). The monoisotopic (exact) mass is 348 g/mol. The van der Waals surface area contributed by atoms with E-state index in [1.807, 2.05) is 0 Å². The average molecular weight is 348 g/mol. The van der Waals surface area contributed by atoms with Gasteiger partial charge in [0.2, 0.25) is 5.91 Å². The average Bonchev–Trinajstić information content (AvgIpc) is 2.97. The largest absolute Gasteiger partial charge is 0.495 e. The molecule has 0 bridgehead atoms. The fourth-order valence-electron chi connectivity index (χ4n) is 2.43. The molecule has 0 aromatic heterocycles. The molecule has 7 heteroatoms. The van der Waals surface area contributed by atoms with Crippen molar-refractivity contribution in [2.45, 2.75) is 33.6 Å². The highest BCUT2D eigenvalue weighted by molar-refractivity contribution is 5.99. The summed E-state index contributed by atoms with van der Waals surface area (Å²) in [4.78, 5) is 37.3. The van der Waals surface area contributed by atoms with Gasteiger partial charge in [0.1, 0.15) is 5.75 Å². The Kier molecular flexibility index (Phi) is 5.66. The molecule has 0 saturated carbocycles. The summed E-state index contributed by atoms with van der Waals surface area (Å²) < 4.78 is 10.3. The predicted octanol–water partition coefficient (Wildman–Crippen LogP) is 2.35. The van der Waals surface area contributed by atoms with Crippen LogP contribution in [-0.4, -0.2) is 38.0 Å². The van der Waals surface area contributed by atoms with E-state index in [-0.39, 0.29) is 12.5 Å².